The SMILES string of the molecule is COc1ccccc1[C@H]1/C(=C(\O)c2ccccc2)C(=O)C(=O)N1Cc1cccnc1. The Balaban J connectivity index is 1.90. The van der Waals surface area contributed by atoms with E-state index in [0.29, 0.717) is 16.9 Å². The largest absolute Gasteiger partial charge is 0.507 e. The zero-order valence-electron chi connectivity index (χ0n) is 16.4. The predicted molar refractivity (Wildman–Crippen MR) is 112 cm³/mol. The van der Waals surface area contributed by atoms with Crippen molar-refractivity contribution in [2.45, 2.75) is 12.6 Å². The summed E-state index contributed by atoms with van der Waals surface area (Å²) in [6.07, 6.45) is 3.29. The first-order valence-corrected chi connectivity index (χ1v) is 9.47. The van der Waals surface area contributed by atoms with Crippen molar-refractivity contribution in [2.75, 3.05) is 7.11 Å². The monoisotopic (exact) mass is 400 g/mol. The van der Waals surface area contributed by atoms with Crippen LogP contribution >= 0.6 is 0 Å². The Labute approximate surface area is 174 Å². The molecule has 0 saturated carbocycles. The van der Waals surface area contributed by atoms with Crippen molar-refractivity contribution in [3.8, 4) is 5.75 Å². The number of nitrogens with zero attached hydrogens (tertiary/aromatic N) is 2. The second-order valence-electron chi connectivity index (χ2n) is 6.90. The molecule has 1 atom stereocenters. The third-order valence-electron chi connectivity index (χ3n) is 5.10. The number of methoxy groups -OCH3 is 1. The standard InChI is InChI=1S/C24H20N2O4/c1-30-19-12-6-5-11-18(19)21-20(22(27)17-9-3-2-4-10-17)23(28)24(29)26(21)15-16-8-7-13-25-14-16/h2-14,21,27H,15H2,1H3/b22-20+/t21-/m0/s1. The van der Waals surface area contributed by atoms with Crippen LogP contribution in [0.1, 0.15) is 22.7 Å². The van der Waals surface area contributed by atoms with E-state index in [0.717, 1.165) is 5.56 Å². The summed E-state index contributed by atoms with van der Waals surface area (Å²) in [5.74, 6) is -1.08. The smallest absolute Gasteiger partial charge is 0.295 e. The van der Waals surface area contributed by atoms with Gasteiger partial charge in [0.1, 0.15) is 11.5 Å². The molecule has 0 bridgehead atoms. The highest BCUT2D eigenvalue weighted by Gasteiger charge is 2.47. The molecule has 3 aromatic rings. The highest BCUT2D eigenvalue weighted by molar-refractivity contribution is 6.46. The van der Waals surface area contributed by atoms with Gasteiger partial charge >= 0.3 is 0 Å². The minimum Gasteiger partial charge on any atom is -0.507 e. The number of para-hydroxylation sites is 1. The number of aliphatic hydroxyl groups is 1. The number of benzene rings is 2. The average molecular weight is 400 g/mol. The zero-order chi connectivity index (χ0) is 21.1. The Kier molecular flexibility index (Phi) is 5.30. The lowest BCUT2D eigenvalue weighted by atomic mass is 9.94. The van der Waals surface area contributed by atoms with E-state index in [4.69, 9.17) is 4.74 Å². The average Bonchev–Trinajstić information content (AvgIpc) is 3.04. The zero-order valence-corrected chi connectivity index (χ0v) is 16.4. The molecular formula is C24H20N2O4. The van der Waals surface area contributed by atoms with Crippen molar-refractivity contribution in [2.24, 2.45) is 0 Å². The number of rotatable bonds is 5. The Morgan fingerprint density at radius 3 is 2.47 bits per heavy atom. The summed E-state index contributed by atoms with van der Waals surface area (Å²) in [5.41, 5.74) is 1.91. The lowest BCUT2D eigenvalue weighted by molar-refractivity contribution is -0.140. The predicted octanol–water partition coefficient (Wildman–Crippen LogP) is 3.71. The van der Waals surface area contributed by atoms with Gasteiger partial charge in [-0.15, -0.1) is 0 Å². The fourth-order valence-corrected chi connectivity index (χ4v) is 3.70. The van der Waals surface area contributed by atoms with E-state index in [-0.39, 0.29) is 17.9 Å². The van der Waals surface area contributed by atoms with Crippen LogP contribution in [0, 0.1) is 0 Å². The van der Waals surface area contributed by atoms with Crippen LogP contribution in [0.25, 0.3) is 5.76 Å². The van der Waals surface area contributed by atoms with Gasteiger partial charge in [-0.25, -0.2) is 0 Å². The van der Waals surface area contributed by atoms with Crippen LogP contribution in [0.4, 0.5) is 0 Å². The summed E-state index contributed by atoms with van der Waals surface area (Å²) in [4.78, 5) is 31.6. The van der Waals surface area contributed by atoms with Gasteiger partial charge in [-0.1, -0.05) is 54.6 Å². The van der Waals surface area contributed by atoms with Crippen molar-refractivity contribution in [3.05, 3.63) is 101 Å². The normalized spacial score (nSPS) is 17.9. The topological polar surface area (TPSA) is 79.7 Å². The van der Waals surface area contributed by atoms with Crippen LogP contribution in [-0.2, 0) is 16.1 Å². The van der Waals surface area contributed by atoms with Crippen molar-refractivity contribution in [1.29, 1.82) is 0 Å². The minimum absolute atomic E-state index is 0.0413. The van der Waals surface area contributed by atoms with E-state index in [1.54, 1.807) is 54.9 Å². The highest BCUT2D eigenvalue weighted by Crippen LogP contribution is 2.43. The van der Waals surface area contributed by atoms with Crippen LogP contribution in [0.5, 0.6) is 5.75 Å². The summed E-state index contributed by atoms with van der Waals surface area (Å²) in [7, 11) is 1.53. The van der Waals surface area contributed by atoms with Crippen LogP contribution in [0.3, 0.4) is 0 Å². The summed E-state index contributed by atoms with van der Waals surface area (Å²) >= 11 is 0. The second kappa shape index (κ2) is 8.21. The molecule has 1 aliphatic heterocycles. The third-order valence-corrected chi connectivity index (χ3v) is 5.10. The molecule has 6 heteroatoms. The van der Waals surface area contributed by atoms with Gasteiger partial charge in [-0.2, -0.15) is 0 Å². The highest BCUT2D eigenvalue weighted by atomic mass is 16.5. The molecule has 0 spiro atoms. The number of amides is 1. The molecule has 0 radical (unpaired) electrons. The number of aliphatic hydroxyl groups excluding tert-OH is 1. The number of aromatic nitrogens is 1. The van der Waals surface area contributed by atoms with Gasteiger partial charge in [0.05, 0.1) is 18.7 Å². The molecule has 1 aliphatic rings. The molecule has 0 aliphatic carbocycles. The Morgan fingerprint density at radius 1 is 1.03 bits per heavy atom. The first-order chi connectivity index (χ1) is 14.6. The first-order valence-electron chi connectivity index (χ1n) is 9.47. The van der Waals surface area contributed by atoms with Gasteiger partial charge in [0.2, 0.25) is 0 Å². The van der Waals surface area contributed by atoms with E-state index in [9.17, 15) is 14.7 Å². The molecule has 1 amide bonds. The summed E-state index contributed by atoms with van der Waals surface area (Å²) in [5, 5.41) is 11.0. The van der Waals surface area contributed by atoms with Gasteiger partial charge in [-0.3, -0.25) is 14.6 Å². The number of carbonyl (C=O) groups is 2. The Hall–Kier alpha value is -3.93. The molecule has 2 heterocycles. The summed E-state index contributed by atoms with van der Waals surface area (Å²) in [6, 6.07) is 18.7. The first kappa shape index (κ1) is 19.4. The number of carbonyl (C=O) groups excluding carboxylic acids is 2. The molecule has 6 nitrogen and oxygen atoms in total. The van der Waals surface area contributed by atoms with Crippen molar-refractivity contribution < 1.29 is 19.4 Å². The van der Waals surface area contributed by atoms with E-state index in [1.807, 2.05) is 24.3 Å². The van der Waals surface area contributed by atoms with Crippen molar-refractivity contribution >= 4 is 17.4 Å². The number of ether oxygens (including phenoxy) is 1. The maximum Gasteiger partial charge on any atom is 0.295 e. The molecule has 1 fully saturated rings. The van der Waals surface area contributed by atoms with E-state index < -0.39 is 17.7 Å². The minimum atomic E-state index is -0.790. The molecule has 1 N–H and O–H groups in total. The van der Waals surface area contributed by atoms with Gasteiger partial charge in [0.25, 0.3) is 11.7 Å². The van der Waals surface area contributed by atoms with Gasteiger partial charge in [0.15, 0.2) is 0 Å². The Morgan fingerprint density at radius 2 is 1.77 bits per heavy atom. The van der Waals surface area contributed by atoms with Crippen molar-refractivity contribution in [1.82, 2.24) is 9.88 Å². The van der Waals surface area contributed by atoms with Gasteiger partial charge in [-0.05, 0) is 17.7 Å². The molecule has 0 unspecified atom stereocenters. The fourth-order valence-electron chi connectivity index (χ4n) is 3.70. The fraction of sp³-hybridized carbons (Fsp3) is 0.125. The van der Waals surface area contributed by atoms with Gasteiger partial charge < -0.3 is 14.7 Å². The molecule has 1 aromatic heterocycles. The summed E-state index contributed by atoms with van der Waals surface area (Å²) < 4.78 is 5.49. The quantitative estimate of drug-likeness (QED) is 0.401. The number of Topliss-reactive ketones (excluding diaryl/α,β-unsaturated/α-hetero) is 1. The number of pyridine rings is 1. The maximum absolute atomic E-state index is 13.0. The number of hydrogen-bond acceptors (Lipinski definition) is 5. The van der Waals surface area contributed by atoms with E-state index >= 15 is 0 Å². The Bertz CT molecular complexity index is 1110. The summed E-state index contributed by atoms with van der Waals surface area (Å²) in [6.45, 7) is 0.173. The molecule has 1 saturated heterocycles. The van der Waals surface area contributed by atoms with E-state index in [2.05, 4.69) is 4.98 Å². The maximum atomic E-state index is 13.0. The van der Waals surface area contributed by atoms with Crippen LogP contribution < -0.4 is 4.74 Å². The second-order valence-corrected chi connectivity index (χ2v) is 6.90. The lowest BCUT2D eigenvalue weighted by Gasteiger charge is -2.26. The molecule has 2 aromatic carbocycles. The van der Waals surface area contributed by atoms with Crippen LogP contribution in [-0.4, -0.2) is 33.8 Å². The lowest BCUT2D eigenvalue weighted by Crippen LogP contribution is -2.29. The molecule has 30 heavy (non-hydrogen) atoms. The molecule has 150 valence electrons. The number of likely N-dealkylation sites (tertiary alicyclic amines) is 1. The number of ketones is 1. The third kappa shape index (κ3) is 3.43. The molecule has 4 rings (SSSR count). The molecular weight excluding hydrogens is 380 g/mol. The number of hydrogen-bond donors (Lipinski definition) is 1. The van der Waals surface area contributed by atoms with Gasteiger partial charge in [0, 0.05) is 30.1 Å². The van der Waals surface area contributed by atoms with E-state index in [1.165, 1.54) is 12.0 Å². The van der Waals surface area contributed by atoms with Crippen LogP contribution in [0.15, 0.2) is 84.7 Å². The van der Waals surface area contributed by atoms with Crippen LogP contribution in [0.2, 0.25) is 0 Å². The van der Waals surface area contributed by atoms with Crippen molar-refractivity contribution in [3.63, 3.8) is 0 Å².